The van der Waals surface area contributed by atoms with Crippen molar-refractivity contribution >= 4 is 0 Å². The Bertz CT molecular complexity index is 347. The SMILES string of the molecule is CCCCC1CN(C)CC1C.Cc1cccc(F)c1. The molecule has 19 heavy (non-hydrogen) atoms. The molecule has 0 radical (unpaired) electrons. The quantitative estimate of drug-likeness (QED) is 0.777. The molecule has 2 unspecified atom stereocenters. The minimum atomic E-state index is -0.162. The Morgan fingerprint density at radius 2 is 2.05 bits per heavy atom. The monoisotopic (exact) mass is 265 g/mol. The predicted octanol–water partition coefficient (Wildman–Crippen LogP) is 4.51. The van der Waals surface area contributed by atoms with Gasteiger partial charge < -0.3 is 4.90 Å². The minimum Gasteiger partial charge on any atom is -0.306 e. The molecule has 0 spiro atoms. The van der Waals surface area contributed by atoms with E-state index in [4.69, 9.17) is 0 Å². The van der Waals surface area contributed by atoms with Crippen molar-refractivity contribution in [2.45, 2.75) is 40.0 Å². The first-order chi connectivity index (χ1) is 9.02. The molecule has 0 saturated carbocycles. The summed E-state index contributed by atoms with van der Waals surface area (Å²) in [4.78, 5) is 2.46. The molecule has 108 valence electrons. The number of unbranched alkanes of at least 4 members (excludes halogenated alkanes) is 1. The van der Waals surface area contributed by atoms with E-state index in [0.717, 1.165) is 17.4 Å². The van der Waals surface area contributed by atoms with Crippen LogP contribution in [0.2, 0.25) is 0 Å². The van der Waals surface area contributed by atoms with E-state index in [1.807, 2.05) is 13.0 Å². The van der Waals surface area contributed by atoms with Crippen LogP contribution in [0.4, 0.5) is 4.39 Å². The van der Waals surface area contributed by atoms with Gasteiger partial charge >= 0.3 is 0 Å². The highest BCUT2D eigenvalue weighted by molar-refractivity contribution is 5.13. The standard InChI is InChI=1S/C10H21N.C7H7F/c1-4-5-6-10-8-11(3)7-9(10)2;1-6-3-2-4-7(8)5-6/h9-10H,4-8H2,1-3H3;2-5H,1H3. The van der Waals surface area contributed by atoms with Crippen molar-refractivity contribution in [3.8, 4) is 0 Å². The van der Waals surface area contributed by atoms with Gasteiger partial charge in [0.1, 0.15) is 5.82 Å². The molecule has 1 heterocycles. The third-order valence-corrected chi connectivity index (χ3v) is 3.86. The minimum absolute atomic E-state index is 0.162. The smallest absolute Gasteiger partial charge is 0.123 e. The Kier molecular flexibility index (Phi) is 7.07. The molecule has 1 aliphatic rings. The molecular formula is C17H28FN. The Hall–Kier alpha value is -0.890. The largest absolute Gasteiger partial charge is 0.306 e. The Morgan fingerprint density at radius 3 is 2.47 bits per heavy atom. The molecule has 0 aliphatic carbocycles. The van der Waals surface area contributed by atoms with Gasteiger partial charge in [-0.05, 0) is 49.9 Å². The van der Waals surface area contributed by atoms with E-state index in [0.29, 0.717) is 0 Å². The Morgan fingerprint density at radius 1 is 1.32 bits per heavy atom. The zero-order valence-corrected chi connectivity index (χ0v) is 12.8. The lowest BCUT2D eigenvalue weighted by molar-refractivity contribution is 0.382. The molecular weight excluding hydrogens is 237 g/mol. The van der Waals surface area contributed by atoms with Gasteiger partial charge in [0.25, 0.3) is 0 Å². The first kappa shape index (κ1) is 16.2. The van der Waals surface area contributed by atoms with Gasteiger partial charge in [0, 0.05) is 13.1 Å². The number of hydrogen-bond acceptors (Lipinski definition) is 1. The van der Waals surface area contributed by atoms with Crippen LogP contribution in [0.1, 0.15) is 38.7 Å². The maximum absolute atomic E-state index is 12.2. The molecule has 2 heteroatoms. The molecule has 0 amide bonds. The fourth-order valence-electron chi connectivity index (χ4n) is 2.74. The van der Waals surface area contributed by atoms with Gasteiger partial charge in [-0.1, -0.05) is 38.8 Å². The number of benzene rings is 1. The number of aryl methyl sites for hydroxylation is 1. The van der Waals surface area contributed by atoms with Gasteiger partial charge in [-0.15, -0.1) is 0 Å². The summed E-state index contributed by atoms with van der Waals surface area (Å²) >= 11 is 0. The van der Waals surface area contributed by atoms with Crippen LogP contribution in [-0.2, 0) is 0 Å². The average molecular weight is 265 g/mol. The highest BCUT2D eigenvalue weighted by atomic mass is 19.1. The number of hydrogen-bond donors (Lipinski definition) is 0. The first-order valence-electron chi connectivity index (χ1n) is 7.43. The molecule has 1 nitrogen and oxygen atoms in total. The highest BCUT2D eigenvalue weighted by Gasteiger charge is 2.25. The third kappa shape index (κ3) is 6.20. The molecule has 0 aromatic heterocycles. The summed E-state index contributed by atoms with van der Waals surface area (Å²) in [6.45, 7) is 9.19. The summed E-state index contributed by atoms with van der Waals surface area (Å²) < 4.78 is 12.2. The van der Waals surface area contributed by atoms with Crippen LogP contribution in [0.25, 0.3) is 0 Å². The van der Waals surface area contributed by atoms with Gasteiger partial charge in [0.05, 0.1) is 0 Å². The van der Waals surface area contributed by atoms with E-state index >= 15 is 0 Å². The molecule has 2 atom stereocenters. The molecule has 1 fully saturated rings. The van der Waals surface area contributed by atoms with Crippen molar-refractivity contribution in [2.24, 2.45) is 11.8 Å². The molecule has 2 rings (SSSR count). The van der Waals surface area contributed by atoms with Crippen LogP contribution >= 0.6 is 0 Å². The van der Waals surface area contributed by atoms with E-state index in [1.165, 1.54) is 44.5 Å². The van der Waals surface area contributed by atoms with Gasteiger partial charge in [0.2, 0.25) is 0 Å². The van der Waals surface area contributed by atoms with Crippen LogP contribution in [0.15, 0.2) is 24.3 Å². The molecule has 1 saturated heterocycles. The second-order valence-corrected chi connectivity index (χ2v) is 5.90. The number of rotatable bonds is 3. The Balaban J connectivity index is 0.000000200. The summed E-state index contributed by atoms with van der Waals surface area (Å²) in [5, 5.41) is 0. The molecule has 0 bridgehead atoms. The van der Waals surface area contributed by atoms with Crippen molar-refractivity contribution in [3.63, 3.8) is 0 Å². The number of likely N-dealkylation sites (tertiary alicyclic amines) is 1. The maximum Gasteiger partial charge on any atom is 0.123 e. The summed E-state index contributed by atoms with van der Waals surface area (Å²) in [5.41, 5.74) is 0.963. The lowest BCUT2D eigenvalue weighted by Crippen LogP contribution is -2.13. The second-order valence-electron chi connectivity index (χ2n) is 5.90. The molecule has 0 N–H and O–H groups in total. The van der Waals surface area contributed by atoms with Gasteiger partial charge in [0.15, 0.2) is 0 Å². The van der Waals surface area contributed by atoms with E-state index < -0.39 is 0 Å². The normalized spacial score (nSPS) is 23.0. The fourth-order valence-corrected chi connectivity index (χ4v) is 2.74. The van der Waals surface area contributed by atoms with Crippen LogP contribution in [-0.4, -0.2) is 25.0 Å². The van der Waals surface area contributed by atoms with Gasteiger partial charge in [-0.25, -0.2) is 4.39 Å². The highest BCUT2D eigenvalue weighted by Crippen LogP contribution is 2.25. The van der Waals surface area contributed by atoms with Crippen LogP contribution in [0, 0.1) is 24.6 Å². The van der Waals surface area contributed by atoms with Crippen LogP contribution < -0.4 is 0 Å². The third-order valence-electron chi connectivity index (χ3n) is 3.86. The molecule has 1 aromatic carbocycles. The fraction of sp³-hybridized carbons (Fsp3) is 0.647. The van der Waals surface area contributed by atoms with E-state index in [9.17, 15) is 4.39 Å². The number of halogens is 1. The predicted molar refractivity (Wildman–Crippen MR) is 80.8 cm³/mol. The van der Waals surface area contributed by atoms with Crippen molar-refractivity contribution in [2.75, 3.05) is 20.1 Å². The first-order valence-corrected chi connectivity index (χ1v) is 7.43. The lowest BCUT2D eigenvalue weighted by atomic mass is 9.93. The summed E-state index contributed by atoms with van der Waals surface area (Å²) in [6, 6.07) is 6.50. The number of nitrogens with zero attached hydrogens (tertiary/aromatic N) is 1. The Labute approximate surface area is 117 Å². The van der Waals surface area contributed by atoms with Gasteiger partial charge in [-0.2, -0.15) is 0 Å². The average Bonchev–Trinajstić information content (AvgIpc) is 2.66. The van der Waals surface area contributed by atoms with E-state index in [2.05, 4.69) is 25.8 Å². The summed E-state index contributed by atoms with van der Waals surface area (Å²) in [6.07, 6.45) is 4.22. The van der Waals surface area contributed by atoms with E-state index in [-0.39, 0.29) is 5.82 Å². The van der Waals surface area contributed by atoms with Crippen LogP contribution in [0.5, 0.6) is 0 Å². The van der Waals surface area contributed by atoms with Crippen molar-refractivity contribution in [3.05, 3.63) is 35.6 Å². The van der Waals surface area contributed by atoms with Crippen molar-refractivity contribution < 1.29 is 4.39 Å². The lowest BCUT2D eigenvalue weighted by Gasteiger charge is -2.12. The topological polar surface area (TPSA) is 3.24 Å². The van der Waals surface area contributed by atoms with E-state index in [1.54, 1.807) is 6.07 Å². The molecule has 1 aliphatic heterocycles. The summed E-state index contributed by atoms with van der Waals surface area (Å²) in [7, 11) is 2.24. The van der Waals surface area contributed by atoms with Gasteiger partial charge in [-0.3, -0.25) is 0 Å². The van der Waals surface area contributed by atoms with Crippen molar-refractivity contribution in [1.29, 1.82) is 0 Å². The molecule has 1 aromatic rings. The maximum atomic E-state index is 12.2. The zero-order chi connectivity index (χ0) is 14.3. The zero-order valence-electron chi connectivity index (χ0n) is 12.8. The van der Waals surface area contributed by atoms with Crippen LogP contribution in [0.3, 0.4) is 0 Å². The van der Waals surface area contributed by atoms with Crippen molar-refractivity contribution in [1.82, 2.24) is 4.90 Å². The summed E-state index contributed by atoms with van der Waals surface area (Å²) in [5.74, 6) is 1.76. The second kappa shape index (κ2) is 8.31.